The van der Waals surface area contributed by atoms with Gasteiger partial charge in [0.05, 0.1) is 0 Å². The molecular weight excluding hydrogens is 308 g/mol. The molecule has 0 spiro atoms. The summed E-state index contributed by atoms with van der Waals surface area (Å²) in [6, 6.07) is 3.94. The molecule has 2 atom stereocenters. The lowest BCUT2D eigenvalue weighted by atomic mass is 9.86. The molecule has 0 amide bonds. The molecule has 5 rings (SSSR count). The molecule has 0 radical (unpaired) electrons. The smallest absolute Gasteiger partial charge is 0.329 e. The van der Waals surface area contributed by atoms with E-state index in [9.17, 15) is 4.79 Å². The van der Waals surface area contributed by atoms with Crippen molar-refractivity contribution in [3.63, 3.8) is 0 Å². The molecule has 2 bridgehead atoms. The number of esters is 1. The van der Waals surface area contributed by atoms with E-state index < -0.39 is 0 Å². The normalized spacial score (nSPS) is 32.6. The second kappa shape index (κ2) is 6.91. The van der Waals surface area contributed by atoms with E-state index in [0.717, 1.165) is 24.5 Å². The third kappa shape index (κ3) is 3.32. The van der Waals surface area contributed by atoms with Gasteiger partial charge in [0.15, 0.2) is 0 Å². The van der Waals surface area contributed by atoms with Gasteiger partial charge in [-0.05, 0) is 69.2 Å². The molecule has 0 aromatic carbocycles. The minimum absolute atomic E-state index is 0.0203. The molecule has 4 nitrogen and oxygen atoms in total. The minimum atomic E-state index is -0.189. The molecule has 5 heterocycles. The number of piperidine rings is 4. The van der Waals surface area contributed by atoms with Crippen molar-refractivity contribution in [1.82, 2.24) is 9.80 Å². The zero-order valence-corrected chi connectivity index (χ0v) is 14.5. The number of likely N-dealkylation sites (tertiary alicyclic amines) is 1. The Balaban J connectivity index is 1.48. The molecule has 0 saturated carbocycles. The van der Waals surface area contributed by atoms with Crippen LogP contribution in [0.3, 0.4) is 0 Å². The van der Waals surface area contributed by atoms with Gasteiger partial charge in [-0.25, -0.2) is 4.79 Å². The highest BCUT2D eigenvalue weighted by molar-refractivity contribution is 7.10. The molecule has 23 heavy (non-hydrogen) atoms. The van der Waals surface area contributed by atoms with Crippen molar-refractivity contribution in [3.05, 3.63) is 22.4 Å². The molecule has 0 aliphatic carbocycles. The first-order valence-electron chi connectivity index (χ1n) is 9.01. The van der Waals surface area contributed by atoms with Gasteiger partial charge in [-0.1, -0.05) is 12.5 Å². The number of fused-ring (bicyclic) bond motifs is 3. The summed E-state index contributed by atoms with van der Waals surface area (Å²) in [5.74, 6) is 0.558. The van der Waals surface area contributed by atoms with Gasteiger partial charge in [0.25, 0.3) is 0 Å². The minimum Gasteiger partial charge on any atom is -0.459 e. The van der Waals surface area contributed by atoms with Gasteiger partial charge in [0.1, 0.15) is 12.1 Å². The number of hydrogen-bond donors (Lipinski definition) is 0. The predicted molar refractivity (Wildman–Crippen MR) is 91.5 cm³/mol. The van der Waals surface area contributed by atoms with E-state index in [1.165, 1.54) is 45.2 Å². The van der Waals surface area contributed by atoms with E-state index in [2.05, 4.69) is 21.2 Å². The van der Waals surface area contributed by atoms with Crippen molar-refractivity contribution in [2.24, 2.45) is 5.92 Å². The molecule has 5 heteroatoms. The van der Waals surface area contributed by atoms with Gasteiger partial charge in [-0.2, -0.15) is 0 Å². The van der Waals surface area contributed by atoms with E-state index >= 15 is 0 Å². The molecule has 4 aliphatic rings. The molecule has 126 valence electrons. The summed E-state index contributed by atoms with van der Waals surface area (Å²) in [6.07, 6.45) is 6.14. The highest BCUT2D eigenvalue weighted by atomic mass is 32.1. The van der Waals surface area contributed by atoms with Crippen LogP contribution in [0.15, 0.2) is 17.5 Å². The third-order valence-corrected chi connectivity index (χ3v) is 6.58. The van der Waals surface area contributed by atoms with Gasteiger partial charge >= 0.3 is 5.97 Å². The second-order valence-electron chi connectivity index (χ2n) is 7.13. The Labute approximate surface area is 142 Å². The molecule has 4 aliphatic heterocycles. The average molecular weight is 334 g/mol. The van der Waals surface area contributed by atoms with Crippen molar-refractivity contribution in [1.29, 1.82) is 0 Å². The van der Waals surface area contributed by atoms with Crippen LogP contribution in [0.1, 0.15) is 43.0 Å². The van der Waals surface area contributed by atoms with Gasteiger partial charge in [0, 0.05) is 11.4 Å². The van der Waals surface area contributed by atoms with Crippen LogP contribution in [0.2, 0.25) is 0 Å². The second-order valence-corrected chi connectivity index (χ2v) is 8.11. The van der Waals surface area contributed by atoms with Gasteiger partial charge < -0.3 is 4.74 Å². The highest BCUT2D eigenvalue weighted by Gasteiger charge is 2.39. The topological polar surface area (TPSA) is 32.8 Å². The van der Waals surface area contributed by atoms with E-state index in [-0.39, 0.29) is 18.1 Å². The number of rotatable bonds is 4. The van der Waals surface area contributed by atoms with E-state index in [1.54, 1.807) is 11.3 Å². The fourth-order valence-corrected chi connectivity index (χ4v) is 5.17. The van der Waals surface area contributed by atoms with Crippen LogP contribution in [0.4, 0.5) is 0 Å². The Morgan fingerprint density at radius 3 is 2.57 bits per heavy atom. The van der Waals surface area contributed by atoms with Crippen LogP contribution in [-0.2, 0) is 9.53 Å². The van der Waals surface area contributed by atoms with Crippen LogP contribution in [0.25, 0.3) is 0 Å². The Hall–Kier alpha value is -0.910. The molecule has 1 aromatic rings. The molecular formula is C18H26N2O2S. The third-order valence-electron chi connectivity index (χ3n) is 5.66. The van der Waals surface area contributed by atoms with Crippen LogP contribution >= 0.6 is 11.3 Å². The highest BCUT2D eigenvalue weighted by Crippen LogP contribution is 2.33. The fraction of sp³-hybridized carbons (Fsp3) is 0.722. The maximum atomic E-state index is 13.0. The van der Waals surface area contributed by atoms with Gasteiger partial charge in [-0.15, -0.1) is 11.3 Å². The first kappa shape index (κ1) is 15.6. The summed E-state index contributed by atoms with van der Waals surface area (Å²) in [5, 5.41) is 2.06. The van der Waals surface area contributed by atoms with Gasteiger partial charge in [-0.3, -0.25) is 9.80 Å². The first-order chi connectivity index (χ1) is 11.3. The van der Waals surface area contributed by atoms with Gasteiger partial charge in [0.2, 0.25) is 0 Å². The van der Waals surface area contributed by atoms with Crippen molar-refractivity contribution >= 4 is 17.3 Å². The lowest BCUT2D eigenvalue weighted by Crippen LogP contribution is -2.52. The first-order valence-corrected chi connectivity index (χ1v) is 9.89. The predicted octanol–water partition coefficient (Wildman–Crippen LogP) is 2.91. The lowest BCUT2D eigenvalue weighted by molar-refractivity contribution is -0.165. The number of thiophene rings is 1. The van der Waals surface area contributed by atoms with Crippen molar-refractivity contribution in [2.45, 2.75) is 44.2 Å². The largest absolute Gasteiger partial charge is 0.459 e. The molecule has 4 saturated heterocycles. The standard InChI is InChI=1S/C18H26N2O2S/c21-18(22-15-13-19-10-6-14(15)7-11-19)17(16-5-4-12-23-16)20-8-2-1-3-9-20/h4-5,12,14-15,17H,1-3,6-11,13H2. The number of nitrogens with zero attached hydrogens (tertiary/aromatic N) is 2. The Bertz CT molecular complexity index is 519. The van der Waals surface area contributed by atoms with Crippen LogP contribution in [0.5, 0.6) is 0 Å². The summed E-state index contributed by atoms with van der Waals surface area (Å²) in [7, 11) is 0. The Morgan fingerprint density at radius 2 is 1.96 bits per heavy atom. The summed E-state index contributed by atoms with van der Waals surface area (Å²) >= 11 is 1.68. The number of hydrogen-bond acceptors (Lipinski definition) is 5. The van der Waals surface area contributed by atoms with E-state index in [0.29, 0.717) is 5.92 Å². The maximum Gasteiger partial charge on any atom is 0.329 e. The van der Waals surface area contributed by atoms with Crippen LogP contribution in [-0.4, -0.2) is 54.6 Å². The average Bonchev–Trinajstić information content (AvgIpc) is 3.11. The number of carbonyl (C=O) groups excluding carboxylic acids is 1. The number of ether oxygens (including phenoxy) is 1. The zero-order chi connectivity index (χ0) is 15.6. The van der Waals surface area contributed by atoms with Crippen molar-refractivity contribution in [3.8, 4) is 0 Å². The Morgan fingerprint density at radius 1 is 1.17 bits per heavy atom. The van der Waals surface area contributed by atoms with Crippen LogP contribution in [0, 0.1) is 5.92 Å². The van der Waals surface area contributed by atoms with Crippen molar-refractivity contribution < 1.29 is 9.53 Å². The quantitative estimate of drug-likeness (QED) is 0.793. The Kier molecular flexibility index (Phi) is 4.69. The number of carbonyl (C=O) groups is 1. The molecule has 1 aromatic heterocycles. The summed E-state index contributed by atoms with van der Waals surface area (Å²) in [5.41, 5.74) is 0. The SMILES string of the molecule is O=C(OC1CN2CCC1CC2)C(c1cccs1)N1CCCCC1. The fourth-order valence-electron chi connectivity index (χ4n) is 4.33. The molecule has 0 N–H and O–H groups in total. The summed E-state index contributed by atoms with van der Waals surface area (Å²) < 4.78 is 6.05. The van der Waals surface area contributed by atoms with Crippen molar-refractivity contribution in [2.75, 3.05) is 32.7 Å². The monoisotopic (exact) mass is 334 g/mol. The van der Waals surface area contributed by atoms with E-state index in [1.807, 2.05) is 6.07 Å². The summed E-state index contributed by atoms with van der Waals surface area (Å²) in [4.78, 5) is 18.9. The summed E-state index contributed by atoms with van der Waals surface area (Å²) in [6.45, 7) is 5.32. The lowest BCUT2D eigenvalue weighted by Gasteiger charge is -2.44. The van der Waals surface area contributed by atoms with Crippen LogP contribution < -0.4 is 0 Å². The van der Waals surface area contributed by atoms with E-state index in [4.69, 9.17) is 4.74 Å². The molecule has 4 fully saturated rings. The maximum absolute atomic E-state index is 13.0. The zero-order valence-electron chi connectivity index (χ0n) is 13.7. The molecule has 2 unspecified atom stereocenters.